The minimum absolute atomic E-state index is 0.220. The van der Waals surface area contributed by atoms with E-state index in [2.05, 4.69) is 29.6 Å². The number of hydrogen-bond donors (Lipinski definition) is 0. The van der Waals surface area contributed by atoms with E-state index in [1.165, 1.54) is 15.6 Å². The van der Waals surface area contributed by atoms with Gasteiger partial charge in [-0.1, -0.05) is 18.2 Å². The van der Waals surface area contributed by atoms with Crippen molar-refractivity contribution in [3.63, 3.8) is 0 Å². The van der Waals surface area contributed by atoms with Crippen LogP contribution in [0.1, 0.15) is 12.5 Å². The lowest BCUT2D eigenvalue weighted by Crippen LogP contribution is -1.95. The van der Waals surface area contributed by atoms with Crippen LogP contribution in [0, 0.1) is 0 Å². The van der Waals surface area contributed by atoms with Crippen LogP contribution in [0.5, 0.6) is 0 Å². The van der Waals surface area contributed by atoms with Gasteiger partial charge < -0.3 is 0 Å². The highest BCUT2D eigenvalue weighted by Crippen LogP contribution is 2.27. The standard InChI is InChI=1S/C11H11ClS/c1-8(12)6-9-7-13-11-5-3-2-4-10(9)11/h2-5,7-8H,6H2,1H3. The van der Waals surface area contributed by atoms with Crippen LogP contribution < -0.4 is 0 Å². The summed E-state index contributed by atoms with van der Waals surface area (Å²) in [6, 6.07) is 8.48. The molecule has 13 heavy (non-hydrogen) atoms. The highest BCUT2D eigenvalue weighted by molar-refractivity contribution is 7.17. The maximum absolute atomic E-state index is 5.97. The molecule has 1 atom stereocenters. The monoisotopic (exact) mass is 210 g/mol. The first-order valence-electron chi connectivity index (χ1n) is 4.36. The van der Waals surface area contributed by atoms with Gasteiger partial charge >= 0.3 is 0 Å². The molecule has 1 aromatic carbocycles. The van der Waals surface area contributed by atoms with Gasteiger partial charge in [-0.15, -0.1) is 22.9 Å². The Morgan fingerprint density at radius 3 is 2.92 bits per heavy atom. The Bertz CT molecular complexity index is 403. The summed E-state index contributed by atoms with van der Waals surface area (Å²) in [7, 11) is 0. The Balaban J connectivity index is 2.46. The number of rotatable bonds is 2. The van der Waals surface area contributed by atoms with Crippen molar-refractivity contribution in [2.45, 2.75) is 18.7 Å². The number of hydrogen-bond acceptors (Lipinski definition) is 1. The Hall–Kier alpha value is -0.530. The van der Waals surface area contributed by atoms with E-state index in [-0.39, 0.29) is 5.38 Å². The quantitative estimate of drug-likeness (QED) is 0.656. The van der Waals surface area contributed by atoms with Crippen molar-refractivity contribution >= 4 is 33.0 Å². The van der Waals surface area contributed by atoms with E-state index >= 15 is 0 Å². The molecular formula is C11H11ClS. The van der Waals surface area contributed by atoms with Gasteiger partial charge in [0, 0.05) is 10.1 Å². The predicted octanol–water partition coefficient (Wildman–Crippen LogP) is 4.07. The van der Waals surface area contributed by atoms with Gasteiger partial charge in [-0.25, -0.2) is 0 Å². The minimum atomic E-state index is 0.220. The Labute approximate surface area is 87.2 Å². The highest BCUT2D eigenvalue weighted by atomic mass is 35.5. The van der Waals surface area contributed by atoms with Gasteiger partial charge in [0.05, 0.1) is 0 Å². The molecule has 0 aliphatic rings. The molecule has 0 nitrogen and oxygen atoms in total. The average Bonchev–Trinajstić information content (AvgIpc) is 2.48. The van der Waals surface area contributed by atoms with Gasteiger partial charge in [0.2, 0.25) is 0 Å². The molecule has 0 aliphatic carbocycles. The number of halogens is 1. The second-order valence-corrected chi connectivity index (χ2v) is 4.90. The van der Waals surface area contributed by atoms with Crippen LogP contribution in [0.25, 0.3) is 10.1 Å². The van der Waals surface area contributed by atoms with Crippen LogP contribution in [-0.4, -0.2) is 5.38 Å². The van der Waals surface area contributed by atoms with Crippen molar-refractivity contribution in [2.24, 2.45) is 0 Å². The van der Waals surface area contributed by atoms with Gasteiger partial charge in [0.25, 0.3) is 0 Å². The maximum atomic E-state index is 5.97. The van der Waals surface area contributed by atoms with E-state index in [0.29, 0.717) is 0 Å². The van der Waals surface area contributed by atoms with Crippen LogP contribution in [0.15, 0.2) is 29.6 Å². The Morgan fingerprint density at radius 2 is 2.15 bits per heavy atom. The lowest BCUT2D eigenvalue weighted by molar-refractivity contribution is 0.943. The second kappa shape index (κ2) is 3.69. The van der Waals surface area contributed by atoms with Gasteiger partial charge in [0.1, 0.15) is 0 Å². The van der Waals surface area contributed by atoms with E-state index in [1.807, 2.05) is 6.92 Å². The fraction of sp³-hybridized carbons (Fsp3) is 0.273. The molecule has 0 aliphatic heterocycles. The van der Waals surface area contributed by atoms with Crippen LogP contribution in [0.4, 0.5) is 0 Å². The first-order chi connectivity index (χ1) is 6.27. The van der Waals surface area contributed by atoms with E-state index in [0.717, 1.165) is 6.42 Å². The minimum Gasteiger partial charge on any atom is -0.144 e. The molecule has 0 fully saturated rings. The molecule has 0 radical (unpaired) electrons. The zero-order valence-corrected chi connectivity index (χ0v) is 9.03. The molecule has 0 N–H and O–H groups in total. The molecule has 1 aromatic heterocycles. The normalized spacial score (nSPS) is 13.4. The maximum Gasteiger partial charge on any atom is 0.0348 e. The molecule has 2 heteroatoms. The van der Waals surface area contributed by atoms with Crippen molar-refractivity contribution in [1.29, 1.82) is 0 Å². The molecule has 1 heterocycles. The fourth-order valence-corrected chi connectivity index (χ4v) is 2.64. The summed E-state index contributed by atoms with van der Waals surface area (Å²) < 4.78 is 1.36. The van der Waals surface area contributed by atoms with E-state index in [9.17, 15) is 0 Å². The van der Waals surface area contributed by atoms with Crippen LogP contribution in [0.3, 0.4) is 0 Å². The summed E-state index contributed by atoms with van der Waals surface area (Å²) in [4.78, 5) is 0. The van der Waals surface area contributed by atoms with Crippen molar-refractivity contribution in [2.75, 3.05) is 0 Å². The topological polar surface area (TPSA) is 0 Å². The number of alkyl halides is 1. The third-order valence-corrected chi connectivity index (χ3v) is 3.23. The van der Waals surface area contributed by atoms with Crippen molar-refractivity contribution < 1.29 is 0 Å². The molecule has 0 bridgehead atoms. The summed E-state index contributed by atoms with van der Waals surface area (Å²) in [6.07, 6.45) is 0.964. The summed E-state index contributed by atoms with van der Waals surface area (Å²) in [5.74, 6) is 0. The van der Waals surface area contributed by atoms with Crippen molar-refractivity contribution in [3.05, 3.63) is 35.2 Å². The average molecular weight is 211 g/mol. The summed E-state index contributed by atoms with van der Waals surface area (Å²) in [5, 5.41) is 3.79. The van der Waals surface area contributed by atoms with Crippen molar-refractivity contribution in [3.8, 4) is 0 Å². The first-order valence-corrected chi connectivity index (χ1v) is 5.68. The van der Waals surface area contributed by atoms with Gasteiger partial charge in [0.15, 0.2) is 0 Å². The fourth-order valence-electron chi connectivity index (χ4n) is 1.49. The summed E-state index contributed by atoms with van der Waals surface area (Å²) in [6.45, 7) is 2.04. The summed E-state index contributed by atoms with van der Waals surface area (Å²) >= 11 is 7.77. The third-order valence-electron chi connectivity index (χ3n) is 2.06. The molecule has 2 rings (SSSR count). The Kier molecular flexibility index (Phi) is 2.56. The van der Waals surface area contributed by atoms with Gasteiger partial charge in [-0.3, -0.25) is 0 Å². The molecule has 1 unspecified atom stereocenters. The highest BCUT2D eigenvalue weighted by Gasteiger charge is 2.05. The molecule has 2 aromatic rings. The SMILES string of the molecule is CC(Cl)Cc1csc2ccccc12. The molecule has 68 valence electrons. The predicted molar refractivity (Wildman–Crippen MR) is 60.8 cm³/mol. The first kappa shape index (κ1) is 9.04. The molecule has 0 amide bonds. The van der Waals surface area contributed by atoms with Crippen LogP contribution >= 0.6 is 22.9 Å². The number of benzene rings is 1. The second-order valence-electron chi connectivity index (χ2n) is 3.24. The number of fused-ring (bicyclic) bond motifs is 1. The van der Waals surface area contributed by atoms with E-state index < -0.39 is 0 Å². The zero-order valence-electron chi connectivity index (χ0n) is 7.46. The van der Waals surface area contributed by atoms with Crippen molar-refractivity contribution in [1.82, 2.24) is 0 Å². The smallest absolute Gasteiger partial charge is 0.0348 e. The lowest BCUT2D eigenvalue weighted by atomic mass is 10.1. The van der Waals surface area contributed by atoms with Crippen LogP contribution in [-0.2, 0) is 6.42 Å². The molecule has 0 saturated carbocycles. The third kappa shape index (κ3) is 1.87. The van der Waals surface area contributed by atoms with Gasteiger partial charge in [-0.2, -0.15) is 0 Å². The Morgan fingerprint density at radius 1 is 1.38 bits per heavy atom. The molecule has 0 saturated heterocycles. The summed E-state index contributed by atoms with van der Waals surface area (Å²) in [5.41, 5.74) is 1.38. The largest absolute Gasteiger partial charge is 0.144 e. The zero-order chi connectivity index (χ0) is 9.26. The lowest BCUT2D eigenvalue weighted by Gasteiger charge is -2.00. The van der Waals surface area contributed by atoms with E-state index in [1.54, 1.807) is 11.3 Å². The van der Waals surface area contributed by atoms with E-state index in [4.69, 9.17) is 11.6 Å². The van der Waals surface area contributed by atoms with Crippen LogP contribution in [0.2, 0.25) is 0 Å². The van der Waals surface area contributed by atoms with Gasteiger partial charge in [-0.05, 0) is 35.7 Å². The number of thiophene rings is 1. The molecule has 0 spiro atoms. The molecular weight excluding hydrogens is 200 g/mol.